The van der Waals surface area contributed by atoms with Gasteiger partial charge in [0, 0.05) is 6.20 Å². The highest BCUT2D eigenvalue weighted by Gasteiger charge is 2.16. The summed E-state index contributed by atoms with van der Waals surface area (Å²) < 4.78 is 20.7. The van der Waals surface area contributed by atoms with E-state index >= 15 is 0 Å². The molecule has 2 aromatic heterocycles. The van der Waals surface area contributed by atoms with Crippen molar-refractivity contribution in [3.05, 3.63) is 65.4 Å². The molecule has 0 aliphatic carbocycles. The largest absolute Gasteiger partial charge is 0.494 e. The molecule has 25 heavy (non-hydrogen) atoms. The number of ether oxygens (including phenoxy) is 1. The van der Waals surface area contributed by atoms with Gasteiger partial charge in [-0.3, -0.25) is 4.79 Å². The number of aromatic nitrogens is 2. The molecule has 6 heteroatoms. The Morgan fingerprint density at radius 3 is 2.88 bits per heavy atom. The average molecular weight is 341 g/mol. The Kier molecular flexibility index (Phi) is 4.70. The molecule has 0 aliphatic heterocycles. The van der Waals surface area contributed by atoms with Crippen molar-refractivity contribution in [3.8, 4) is 5.75 Å². The van der Waals surface area contributed by atoms with E-state index in [4.69, 9.17) is 4.74 Å². The molecule has 1 amide bonds. The van der Waals surface area contributed by atoms with Crippen molar-refractivity contribution >= 4 is 11.6 Å². The zero-order valence-corrected chi connectivity index (χ0v) is 14.4. The summed E-state index contributed by atoms with van der Waals surface area (Å²) in [4.78, 5) is 16.9. The van der Waals surface area contributed by atoms with Gasteiger partial charge >= 0.3 is 0 Å². The minimum atomic E-state index is -0.446. The Morgan fingerprint density at radius 1 is 1.36 bits per heavy atom. The number of rotatable bonds is 5. The number of aryl methyl sites for hydroxylation is 1. The minimum Gasteiger partial charge on any atom is -0.494 e. The average Bonchev–Trinajstić information content (AvgIpc) is 2.90. The summed E-state index contributed by atoms with van der Waals surface area (Å²) >= 11 is 0. The zero-order chi connectivity index (χ0) is 18.0. The van der Waals surface area contributed by atoms with Crippen molar-refractivity contribution in [2.75, 3.05) is 7.11 Å². The fraction of sp³-hybridized carbons (Fsp3) is 0.263. The highest BCUT2D eigenvalue weighted by Crippen LogP contribution is 2.22. The Morgan fingerprint density at radius 2 is 2.16 bits per heavy atom. The normalized spacial score (nSPS) is 12.2. The zero-order valence-electron chi connectivity index (χ0n) is 14.4. The molecular formula is C19H20FN3O2. The highest BCUT2D eigenvalue weighted by molar-refractivity contribution is 5.79. The van der Waals surface area contributed by atoms with Crippen LogP contribution in [-0.4, -0.2) is 22.4 Å². The first-order chi connectivity index (χ1) is 12.0. The van der Waals surface area contributed by atoms with Gasteiger partial charge < -0.3 is 14.5 Å². The number of nitrogens with one attached hydrogen (secondary N) is 1. The third kappa shape index (κ3) is 3.47. The van der Waals surface area contributed by atoms with Gasteiger partial charge in [-0.15, -0.1) is 0 Å². The predicted molar refractivity (Wildman–Crippen MR) is 93.1 cm³/mol. The van der Waals surface area contributed by atoms with Crippen molar-refractivity contribution in [3.63, 3.8) is 0 Å². The molecule has 1 aromatic carbocycles. The SMILES string of the molecule is COc1ccc(C(C)NC(=O)Cc2c(C)nc3ccccn23)cc1F. The first-order valence-electron chi connectivity index (χ1n) is 8.05. The molecule has 0 saturated carbocycles. The number of benzene rings is 1. The first kappa shape index (κ1) is 17.0. The lowest BCUT2D eigenvalue weighted by Crippen LogP contribution is -2.28. The van der Waals surface area contributed by atoms with Gasteiger partial charge in [0.25, 0.3) is 0 Å². The van der Waals surface area contributed by atoms with Crippen LogP contribution in [0.3, 0.4) is 0 Å². The number of nitrogens with zero attached hydrogens (tertiary/aromatic N) is 2. The summed E-state index contributed by atoms with van der Waals surface area (Å²) in [5.41, 5.74) is 3.17. The Bertz CT molecular complexity index is 920. The predicted octanol–water partition coefficient (Wildman–Crippen LogP) is 3.21. The molecular weight excluding hydrogens is 321 g/mol. The third-order valence-corrected chi connectivity index (χ3v) is 4.21. The van der Waals surface area contributed by atoms with Crippen LogP contribution in [0.15, 0.2) is 42.6 Å². The van der Waals surface area contributed by atoms with Crippen molar-refractivity contribution in [1.29, 1.82) is 0 Å². The van der Waals surface area contributed by atoms with Crippen LogP contribution in [0, 0.1) is 12.7 Å². The van der Waals surface area contributed by atoms with Crippen LogP contribution in [0.5, 0.6) is 5.75 Å². The number of halogens is 1. The van der Waals surface area contributed by atoms with E-state index in [1.807, 2.05) is 42.6 Å². The van der Waals surface area contributed by atoms with Gasteiger partial charge in [-0.1, -0.05) is 12.1 Å². The molecule has 0 aliphatic rings. The molecule has 1 N–H and O–H groups in total. The molecule has 130 valence electrons. The molecule has 0 spiro atoms. The molecule has 0 saturated heterocycles. The van der Waals surface area contributed by atoms with Crippen molar-refractivity contribution in [2.45, 2.75) is 26.3 Å². The summed E-state index contributed by atoms with van der Waals surface area (Å²) in [5.74, 6) is -0.403. The number of pyridine rings is 1. The van der Waals surface area contributed by atoms with Crippen molar-refractivity contribution in [1.82, 2.24) is 14.7 Å². The Labute approximate surface area is 145 Å². The van der Waals surface area contributed by atoms with Gasteiger partial charge in [0.15, 0.2) is 11.6 Å². The number of imidazole rings is 1. The first-order valence-corrected chi connectivity index (χ1v) is 8.05. The maximum absolute atomic E-state index is 13.8. The molecule has 0 bridgehead atoms. The minimum absolute atomic E-state index is 0.141. The van der Waals surface area contributed by atoms with Gasteiger partial charge in [-0.2, -0.15) is 0 Å². The number of fused-ring (bicyclic) bond motifs is 1. The lowest BCUT2D eigenvalue weighted by atomic mass is 10.1. The summed E-state index contributed by atoms with van der Waals surface area (Å²) in [6.45, 7) is 3.71. The molecule has 3 aromatic rings. The number of amides is 1. The summed E-state index contributed by atoms with van der Waals surface area (Å²) in [6.07, 6.45) is 2.10. The number of hydrogen-bond donors (Lipinski definition) is 1. The van der Waals surface area contributed by atoms with E-state index in [2.05, 4.69) is 10.3 Å². The van der Waals surface area contributed by atoms with Crippen LogP contribution in [0.2, 0.25) is 0 Å². The molecule has 2 heterocycles. The van der Waals surface area contributed by atoms with Gasteiger partial charge in [0.2, 0.25) is 5.91 Å². The lowest BCUT2D eigenvalue weighted by molar-refractivity contribution is -0.121. The molecule has 1 unspecified atom stereocenters. The second-order valence-corrected chi connectivity index (χ2v) is 5.93. The number of methoxy groups -OCH3 is 1. The van der Waals surface area contributed by atoms with Crippen molar-refractivity contribution in [2.24, 2.45) is 0 Å². The molecule has 0 fully saturated rings. The van der Waals surface area contributed by atoms with Crippen LogP contribution in [0.25, 0.3) is 5.65 Å². The third-order valence-electron chi connectivity index (χ3n) is 4.21. The van der Waals surface area contributed by atoms with Crippen LogP contribution in [-0.2, 0) is 11.2 Å². The topological polar surface area (TPSA) is 55.6 Å². The van der Waals surface area contributed by atoms with Gasteiger partial charge in [0.1, 0.15) is 5.65 Å². The van der Waals surface area contributed by atoms with E-state index in [0.29, 0.717) is 5.56 Å². The van der Waals surface area contributed by atoms with Crippen LogP contribution in [0.4, 0.5) is 4.39 Å². The smallest absolute Gasteiger partial charge is 0.226 e. The fourth-order valence-electron chi connectivity index (χ4n) is 2.86. The summed E-state index contributed by atoms with van der Waals surface area (Å²) in [7, 11) is 1.42. The summed E-state index contributed by atoms with van der Waals surface area (Å²) in [6, 6.07) is 10.1. The van der Waals surface area contributed by atoms with E-state index in [0.717, 1.165) is 17.0 Å². The molecule has 0 radical (unpaired) electrons. The van der Waals surface area contributed by atoms with E-state index in [9.17, 15) is 9.18 Å². The fourth-order valence-corrected chi connectivity index (χ4v) is 2.86. The van der Waals surface area contributed by atoms with E-state index < -0.39 is 5.82 Å². The molecule has 5 nitrogen and oxygen atoms in total. The lowest BCUT2D eigenvalue weighted by Gasteiger charge is -2.15. The summed E-state index contributed by atoms with van der Waals surface area (Å²) in [5, 5.41) is 2.90. The second-order valence-electron chi connectivity index (χ2n) is 5.93. The van der Waals surface area contributed by atoms with E-state index in [1.165, 1.54) is 13.2 Å². The quantitative estimate of drug-likeness (QED) is 0.775. The number of carbonyl (C=O) groups excluding carboxylic acids is 1. The molecule has 1 atom stereocenters. The maximum atomic E-state index is 13.8. The Balaban J connectivity index is 1.73. The Hall–Kier alpha value is -2.89. The number of carbonyl (C=O) groups is 1. The van der Waals surface area contributed by atoms with E-state index in [1.54, 1.807) is 12.1 Å². The van der Waals surface area contributed by atoms with Gasteiger partial charge in [-0.05, 0) is 43.7 Å². The van der Waals surface area contributed by atoms with Crippen LogP contribution < -0.4 is 10.1 Å². The maximum Gasteiger partial charge on any atom is 0.226 e. The van der Waals surface area contributed by atoms with Crippen LogP contribution in [0.1, 0.15) is 29.9 Å². The standard InChI is InChI=1S/C19H20FN3O2/c1-12(14-7-8-17(25-3)15(20)10-14)22-19(24)11-16-13(2)21-18-6-4-5-9-23(16)18/h4-10,12H,11H2,1-3H3,(H,22,24). The van der Waals surface area contributed by atoms with E-state index in [-0.39, 0.29) is 24.1 Å². The van der Waals surface area contributed by atoms with Crippen LogP contribution >= 0.6 is 0 Å². The molecule has 3 rings (SSSR count). The highest BCUT2D eigenvalue weighted by atomic mass is 19.1. The monoisotopic (exact) mass is 341 g/mol. The second kappa shape index (κ2) is 6.93. The van der Waals surface area contributed by atoms with Gasteiger partial charge in [-0.25, -0.2) is 9.37 Å². The van der Waals surface area contributed by atoms with Gasteiger partial charge in [0.05, 0.1) is 31.0 Å². The van der Waals surface area contributed by atoms with Crippen molar-refractivity contribution < 1.29 is 13.9 Å². The number of hydrogen-bond acceptors (Lipinski definition) is 3.